The number of terminal acetylenes is 1. The lowest BCUT2D eigenvalue weighted by molar-refractivity contribution is 0.140. The van der Waals surface area contributed by atoms with Crippen LogP contribution in [0.2, 0.25) is 0 Å². The molecule has 2 N–H and O–H groups in total. The van der Waals surface area contributed by atoms with E-state index in [-0.39, 0.29) is 0 Å². The molecule has 0 amide bonds. The van der Waals surface area contributed by atoms with Gasteiger partial charge in [-0.3, -0.25) is 0 Å². The van der Waals surface area contributed by atoms with E-state index in [1.54, 1.807) is 0 Å². The summed E-state index contributed by atoms with van der Waals surface area (Å²) in [6.07, 6.45) is 11.3. The summed E-state index contributed by atoms with van der Waals surface area (Å²) < 4.78 is 8.04. The van der Waals surface area contributed by atoms with Gasteiger partial charge in [-0.05, 0) is 43.2 Å². The first kappa shape index (κ1) is 18.8. The molecule has 0 aliphatic carbocycles. The minimum Gasteiger partial charge on any atom is -0.382 e. The molecule has 0 saturated carbocycles. The first-order valence-electron chi connectivity index (χ1n) is 10.3. The monoisotopic (exact) mass is 376 g/mol. The maximum absolute atomic E-state index is 6.33. The third kappa shape index (κ3) is 3.57. The molecule has 146 valence electrons. The van der Waals surface area contributed by atoms with Crippen LogP contribution in [0.3, 0.4) is 0 Å². The minimum absolute atomic E-state index is 0.509. The Labute approximate surface area is 166 Å². The van der Waals surface area contributed by atoms with Crippen LogP contribution in [0.4, 0.5) is 5.82 Å². The van der Waals surface area contributed by atoms with Gasteiger partial charge in [0.05, 0.1) is 11.0 Å². The second kappa shape index (κ2) is 8.20. The third-order valence-corrected chi connectivity index (χ3v) is 5.73. The van der Waals surface area contributed by atoms with Gasteiger partial charge < -0.3 is 15.0 Å². The number of pyridine rings is 1. The molecule has 0 spiro atoms. The summed E-state index contributed by atoms with van der Waals surface area (Å²) in [5, 5.41) is 1.12. The minimum atomic E-state index is 0.509. The molecule has 0 radical (unpaired) electrons. The van der Waals surface area contributed by atoms with E-state index in [2.05, 4.69) is 40.6 Å². The quantitative estimate of drug-likeness (QED) is 0.681. The Balaban J connectivity index is 1.83. The first-order chi connectivity index (χ1) is 13.7. The predicted octanol–water partition coefficient (Wildman–Crippen LogP) is 4.11. The van der Waals surface area contributed by atoms with Crippen LogP contribution in [0.5, 0.6) is 0 Å². The van der Waals surface area contributed by atoms with Gasteiger partial charge in [0.2, 0.25) is 0 Å². The molecule has 4 rings (SSSR count). The molecule has 1 aromatic carbocycles. The number of benzene rings is 1. The average Bonchev–Trinajstić information content (AvgIpc) is 2.87. The number of hydrogen-bond acceptors (Lipinski definition) is 4. The Morgan fingerprint density at radius 2 is 2.18 bits per heavy atom. The van der Waals surface area contributed by atoms with Crippen LogP contribution in [0.15, 0.2) is 18.2 Å². The standard InChI is InChI=1S/C23H28N4O/c1-3-5-7-16-9-10-18-19(14-16)25-23(24)21-22(18)27(20(4-2)26-21)15-17-8-6-12-28-13-11-17/h1,9-10,14,17H,4-8,11-13,15H2,2H3,(H2,24,25). The number of fused-ring (bicyclic) bond motifs is 3. The number of anilines is 1. The van der Waals surface area contributed by atoms with E-state index in [9.17, 15) is 0 Å². The number of imidazole rings is 1. The topological polar surface area (TPSA) is 66.0 Å². The van der Waals surface area contributed by atoms with E-state index in [0.717, 1.165) is 79.6 Å². The van der Waals surface area contributed by atoms with E-state index in [1.165, 1.54) is 12.0 Å². The summed E-state index contributed by atoms with van der Waals surface area (Å²) in [5.41, 5.74) is 10.4. The maximum atomic E-state index is 6.33. The van der Waals surface area contributed by atoms with Gasteiger partial charge in [0.25, 0.3) is 0 Å². The number of aryl methyl sites for hydroxylation is 2. The van der Waals surface area contributed by atoms with Crippen molar-refractivity contribution in [3.63, 3.8) is 0 Å². The molecule has 3 aromatic rings. The van der Waals surface area contributed by atoms with Crippen LogP contribution in [0, 0.1) is 18.3 Å². The molecule has 3 heterocycles. The molecule has 1 unspecified atom stereocenters. The largest absolute Gasteiger partial charge is 0.382 e. The van der Waals surface area contributed by atoms with Crippen LogP contribution >= 0.6 is 0 Å². The van der Waals surface area contributed by atoms with Crippen molar-refractivity contribution in [2.45, 2.75) is 52.0 Å². The molecule has 1 aliphatic heterocycles. The van der Waals surface area contributed by atoms with Crippen LogP contribution in [0.1, 0.15) is 44.0 Å². The second-order valence-electron chi connectivity index (χ2n) is 7.65. The van der Waals surface area contributed by atoms with Gasteiger partial charge in [-0.1, -0.05) is 19.1 Å². The summed E-state index contributed by atoms with van der Waals surface area (Å²) in [7, 11) is 0. The Bertz CT molecular complexity index is 1020. The zero-order valence-electron chi connectivity index (χ0n) is 16.6. The van der Waals surface area contributed by atoms with Crippen LogP contribution in [-0.4, -0.2) is 27.7 Å². The molecule has 28 heavy (non-hydrogen) atoms. The lowest BCUT2D eigenvalue weighted by atomic mass is 10.0. The van der Waals surface area contributed by atoms with Gasteiger partial charge in [0.1, 0.15) is 11.3 Å². The highest BCUT2D eigenvalue weighted by molar-refractivity contribution is 6.06. The summed E-state index contributed by atoms with van der Waals surface area (Å²) in [5.74, 6) is 4.90. The normalized spacial score (nSPS) is 17.6. The predicted molar refractivity (Wildman–Crippen MR) is 114 cm³/mol. The molecule has 5 heteroatoms. The third-order valence-electron chi connectivity index (χ3n) is 5.73. The van der Waals surface area contributed by atoms with Crippen molar-refractivity contribution in [3.05, 3.63) is 29.6 Å². The van der Waals surface area contributed by atoms with Gasteiger partial charge >= 0.3 is 0 Å². The van der Waals surface area contributed by atoms with Crippen molar-refractivity contribution in [3.8, 4) is 12.3 Å². The zero-order chi connectivity index (χ0) is 19.5. The molecule has 0 bridgehead atoms. The summed E-state index contributed by atoms with van der Waals surface area (Å²) in [6.45, 7) is 4.84. The average molecular weight is 377 g/mol. The maximum Gasteiger partial charge on any atom is 0.152 e. The van der Waals surface area contributed by atoms with Crippen LogP contribution in [0.25, 0.3) is 21.9 Å². The Morgan fingerprint density at radius 1 is 1.29 bits per heavy atom. The summed E-state index contributed by atoms with van der Waals surface area (Å²) >= 11 is 0. The summed E-state index contributed by atoms with van der Waals surface area (Å²) in [4.78, 5) is 9.51. The number of ether oxygens (including phenoxy) is 1. The highest BCUT2D eigenvalue weighted by Gasteiger charge is 2.20. The highest BCUT2D eigenvalue weighted by atomic mass is 16.5. The van der Waals surface area contributed by atoms with Crippen molar-refractivity contribution in [2.75, 3.05) is 18.9 Å². The van der Waals surface area contributed by atoms with E-state index in [4.69, 9.17) is 21.9 Å². The van der Waals surface area contributed by atoms with E-state index in [1.807, 2.05) is 0 Å². The van der Waals surface area contributed by atoms with E-state index in [0.29, 0.717) is 11.7 Å². The Morgan fingerprint density at radius 3 is 3.00 bits per heavy atom. The van der Waals surface area contributed by atoms with Gasteiger partial charge in [0, 0.05) is 38.0 Å². The highest BCUT2D eigenvalue weighted by Crippen LogP contribution is 2.31. The van der Waals surface area contributed by atoms with Crippen molar-refractivity contribution in [1.29, 1.82) is 0 Å². The van der Waals surface area contributed by atoms with Crippen molar-refractivity contribution < 1.29 is 4.74 Å². The molecule has 1 saturated heterocycles. The molecule has 2 aromatic heterocycles. The van der Waals surface area contributed by atoms with Crippen molar-refractivity contribution in [1.82, 2.24) is 14.5 Å². The zero-order valence-corrected chi connectivity index (χ0v) is 16.6. The molecule has 1 aliphatic rings. The van der Waals surface area contributed by atoms with Crippen LogP contribution in [-0.2, 0) is 24.1 Å². The van der Waals surface area contributed by atoms with E-state index < -0.39 is 0 Å². The lowest BCUT2D eigenvalue weighted by Crippen LogP contribution is -2.14. The Kier molecular flexibility index (Phi) is 5.50. The number of nitrogens with zero attached hydrogens (tertiary/aromatic N) is 3. The molecule has 1 atom stereocenters. The fourth-order valence-electron chi connectivity index (χ4n) is 4.25. The first-order valence-corrected chi connectivity index (χ1v) is 10.3. The number of nitrogens with two attached hydrogens (primary N) is 1. The fraction of sp³-hybridized carbons (Fsp3) is 0.478. The number of hydrogen-bond donors (Lipinski definition) is 1. The second-order valence-corrected chi connectivity index (χ2v) is 7.65. The lowest BCUT2D eigenvalue weighted by Gasteiger charge is -2.17. The van der Waals surface area contributed by atoms with Crippen molar-refractivity contribution >= 4 is 27.8 Å². The van der Waals surface area contributed by atoms with Gasteiger partial charge in [-0.15, -0.1) is 12.3 Å². The number of aromatic nitrogens is 3. The SMILES string of the molecule is C#CCCc1ccc2c(c1)nc(N)c1nc(CC)n(CC3CCCOCC3)c12. The van der Waals surface area contributed by atoms with Crippen molar-refractivity contribution in [2.24, 2.45) is 5.92 Å². The summed E-state index contributed by atoms with van der Waals surface area (Å²) in [6, 6.07) is 6.42. The van der Waals surface area contributed by atoms with E-state index >= 15 is 0 Å². The number of rotatable bonds is 5. The molecular weight excluding hydrogens is 348 g/mol. The fourth-order valence-corrected chi connectivity index (χ4v) is 4.25. The van der Waals surface area contributed by atoms with Gasteiger partial charge in [-0.2, -0.15) is 0 Å². The van der Waals surface area contributed by atoms with Crippen LogP contribution < -0.4 is 5.73 Å². The van der Waals surface area contributed by atoms with Gasteiger partial charge in [-0.25, -0.2) is 9.97 Å². The molecular formula is C23H28N4O. The molecule has 1 fully saturated rings. The Hall–Kier alpha value is -2.58. The van der Waals surface area contributed by atoms with Gasteiger partial charge in [0.15, 0.2) is 5.82 Å². The molecule has 5 nitrogen and oxygen atoms in total. The smallest absolute Gasteiger partial charge is 0.152 e. The number of nitrogen functional groups attached to an aromatic ring is 1.